The van der Waals surface area contributed by atoms with Crippen molar-refractivity contribution >= 4 is 5.97 Å². The Labute approximate surface area is 54.5 Å². The Morgan fingerprint density at radius 2 is 2.33 bits per heavy atom. The normalized spacial score (nSPS) is 18.1. The van der Waals surface area contributed by atoms with Gasteiger partial charge in [-0.3, -0.25) is 4.79 Å². The number of ether oxygens (including phenoxy) is 1. The van der Waals surface area contributed by atoms with Gasteiger partial charge in [0.1, 0.15) is 5.76 Å². The maximum absolute atomic E-state index is 10.5. The third-order valence-electron chi connectivity index (χ3n) is 1.27. The third-order valence-corrected chi connectivity index (χ3v) is 1.27. The first-order chi connectivity index (χ1) is 4.20. The fraction of sp³-hybridized carbons (Fsp3) is 0.571. The summed E-state index contributed by atoms with van der Waals surface area (Å²) in [5.41, 5.74) is 0. The fourth-order valence-electron chi connectivity index (χ4n) is 0.752. The van der Waals surface area contributed by atoms with Crippen LogP contribution in [0.25, 0.3) is 0 Å². The van der Waals surface area contributed by atoms with Crippen LogP contribution in [-0.2, 0) is 9.53 Å². The molecule has 0 amide bonds. The van der Waals surface area contributed by atoms with Gasteiger partial charge in [-0.05, 0) is 6.08 Å². The van der Waals surface area contributed by atoms with Crippen LogP contribution < -0.4 is 0 Å². The second-order valence-corrected chi connectivity index (χ2v) is 2.44. The molecule has 0 aromatic rings. The second-order valence-electron chi connectivity index (χ2n) is 2.44. The molecule has 2 heteroatoms. The number of hydrogen-bond donors (Lipinski definition) is 0. The largest absolute Gasteiger partial charge is 0.431 e. The maximum Gasteiger partial charge on any atom is 0.314 e. The van der Waals surface area contributed by atoms with E-state index in [1.54, 1.807) is 0 Å². The van der Waals surface area contributed by atoms with Crippen LogP contribution in [-0.4, -0.2) is 5.97 Å². The van der Waals surface area contributed by atoms with Gasteiger partial charge in [-0.25, -0.2) is 0 Å². The summed E-state index contributed by atoms with van der Waals surface area (Å²) in [5, 5.41) is 0. The number of allylic oxidation sites excluding steroid dienone is 1. The fourth-order valence-corrected chi connectivity index (χ4v) is 0.752. The molecule has 9 heavy (non-hydrogen) atoms. The van der Waals surface area contributed by atoms with Gasteiger partial charge in [0.15, 0.2) is 0 Å². The highest BCUT2D eigenvalue weighted by molar-refractivity contribution is 5.75. The van der Waals surface area contributed by atoms with Gasteiger partial charge in [0, 0.05) is 5.92 Å². The Balaban J connectivity index is 2.55. The summed E-state index contributed by atoms with van der Waals surface area (Å²) in [6.45, 7) is 4.01. The molecule has 0 aliphatic carbocycles. The number of rotatable bonds is 1. The van der Waals surface area contributed by atoms with Crippen molar-refractivity contribution < 1.29 is 9.53 Å². The molecular formula is C7H10O2. The van der Waals surface area contributed by atoms with E-state index in [1.807, 2.05) is 19.9 Å². The second kappa shape index (κ2) is 2.21. The molecule has 0 fully saturated rings. The molecule has 2 nitrogen and oxygen atoms in total. The summed E-state index contributed by atoms with van der Waals surface area (Å²) in [5.74, 6) is 1.04. The molecule has 0 spiro atoms. The molecular weight excluding hydrogens is 116 g/mol. The lowest BCUT2D eigenvalue weighted by atomic mass is 10.2. The van der Waals surface area contributed by atoms with E-state index in [2.05, 4.69) is 0 Å². The van der Waals surface area contributed by atoms with Crippen LogP contribution in [0.5, 0.6) is 0 Å². The lowest BCUT2D eigenvalue weighted by molar-refractivity contribution is -0.137. The van der Waals surface area contributed by atoms with Crippen molar-refractivity contribution in [3.05, 3.63) is 11.8 Å². The first-order valence-electron chi connectivity index (χ1n) is 3.11. The third kappa shape index (κ3) is 1.31. The highest BCUT2D eigenvalue weighted by Crippen LogP contribution is 2.18. The summed E-state index contributed by atoms with van der Waals surface area (Å²) < 4.78 is 4.84. The van der Waals surface area contributed by atoms with Crippen molar-refractivity contribution in [1.29, 1.82) is 0 Å². The molecule has 0 aromatic carbocycles. The predicted molar refractivity (Wildman–Crippen MR) is 33.6 cm³/mol. The smallest absolute Gasteiger partial charge is 0.314 e. The van der Waals surface area contributed by atoms with Crippen molar-refractivity contribution in [2.24, 2.45) is 5.92 Å². The Kier molecular flexibility index (Phi) is 1.56. The van der Waals surface area contributed by atoms with Crippen LogP contribution in [0.2, 0.25) is 0 Å². The monoisotopic (exact) mass is 126 g/mol. The van der Waals surface area contributed by atoms with Gasteiger partial charge in [0.25, 0.3) is 0 Å². The molecule has 0 radical (unpaired) electrons. The van der Waals surface area contributed by atoms with Crippen molar-refractivity contribution in [3.63, 3.8) is 0 Å². The highest BCUT2D eigenvalue weighted by Gasteiger charge is 2.15. The lowest BCUT2D eigenvalue weighted by Crippen LogP contribution is -1.98. The number of cyclic esters (lactones) is 1. The molecule has 0 aromatic heterocycles. The summed E-state index contributed by atoms with van der Waals surface area (Å²) >= 11 is 0. The molecule has 1 aliphatic heterocycles. The van der Waals surface area contributed by atoms with E-state index in [9.17, 15) is 4.79 Å². The van der Waals surface area contributed by atoms with Gasteiger partial charge in [-0.15, -0.1) is 0 Å². The first kappa shape index (κ1) is 6.33. The van der Waals surface area contributed by atoms with Crippen LogP contribution in [0.3, 0.4) is 0 Å². The quantitative estimate of drug-likeness (QED) is 0.497. The number of esters is 1. The van der Waals surface area contributed by atoms with E-state index in [1.165, 1.54) is 0 Å². The van der Waals surface area contributed by atoms with E-state index in [4.69, 9.17) is 4.74 Å². The van der Waals surface area contributed by atoms with Gasteiger partial charge >= 0.3 is 5.97 Å². The molecule has 0 atom stereocenters. The summed E-state index contributed by atoms with van der Waals surface area (Å²) in [7, 11) is 0. The highest BCUT2D eigenvalue weighted by atomic mass is 16.5. The van der Waals surface area contributed by atoms with E-state index in [0.717, 1.165) is 5.76 Å². The molecule has 0 bridgehead atoms. The minimum Gasteiger partial charge on any atom is -0.431 e. The van der Waals surface area contributed by atoms with Crippen molar-refractivity contribution in [1.82, 2.24) is 0 Å². The topological polar surface area (TPSA) is 26.3 Å². The standard InChI is InChI=1S/C7H10O2/c1-5(2)6-3-4-7(8)9-6/h3,5H,4H2,1-2H3. The number of carbonyl (C=O) groups is 1. The van der Waals surface area contributed by atoms with Crippen LogP contribution in [0.1, 0.15) is 20.3 Å². The summed E-state index contributed by atoms with van der Waals surface area (Å²) in [6.07, 6.45) is 2.29. The Hall–Kier alpha value is -0.790. The van der Waals surface area contributed by atoms with Gasteiger partial charge in [-0.1, -0.05) is 13.8 Å². The Morgan fingerprint density at radius 1 is 1.67 bits per heavy atom. The SMILES string of the molecule is CC(C)C1=CCC(=O)O1. The molecule has 50 valence electrons. The van der Waals surface area contributed by atoms with Crippen LogP contribution >= 0.6 is 0 Å². The predicted octanol–water partition coefficient (Wildman–Crippen LogP) is 1.47. The average Bonchev–Trinajstić information content (AvgIpc) is 2.14. The molecule has 1 aliphatic rings. The minimum atomic E-state index is -0.126. The Morgan fingerprint density at radius 3 is 2.56 bits per heavy atom. The van der Waals surface area contributed by atoms with Crippen molar-refractivity contribution in [3.8, 4) is 0 Å². The van der Waals surface area contributed by atoms with Gasteiger partial charge in [-0.2, -0.15) is 0 Å². The molecule has 0 unspecified atom stereocenters. The zero-order valence-corrected chi connectivity index (χ0v) is 5.68. The Bertz CT molecular complexity index is 156. The van der Waals surface area contributed by atoms with Gasteiger partial charge < -0.3 is 4.74 Å². The number of carbonyl (C=O) groups excluding carboxylic acids is 1. The van der Waals surface area contributed by atoms with E-state index < -0.39 is 0 Å². The van der Waals surface area contributed by atoms with Gasteiger partial charge in [0.2, 0.25) is 0 Å². The summed E-state index contributed by atoms with van der Waals surface area (Å²) in [6, 6.07) is 0. The zero-order chi connectivity index (χ0) is 6.85. The van der Waals surface area contributed by atoms with Crippen molar-refractivity contribution in [2.75, 3.05) is 0 Å². The van der Waals surface area contributed by atoms with E-state index in [-0.39, 0.29) is 5.97 Å². The molecule has 0 N–H and O–H groups in total. The molecule has 1 rings (SSSR count). The summed E-state index contributed by atoms with van der Waals surface area (Å²) in [4.78, 5) is 10.5. The average molecular weight is 126 g/mol. The number of hydrogen-bond acceptors (Lipinski definition) is 2. The maximum atomic E-state index is 10.5. The zero-order valence-electron chi connectivity index (χ0n) is 5.68. The van der Waals surface area contributed by atoms with E-state index >= 15 is 0 Å². The van der Waals surface area contributed by atoms with Crippen LogP contribution in [0.15, 0.2) is 11.8 Å². The van der Waals surface area contributed by atoms with E-state index in [0.29, 0.717) is 12.3 Å². The minimum absolute atomic E-state index is 0.126. The van der Waals surface area contributed by atoms with Gasteiger partial charge in [0.05, 0.1) is 6.42 Å². The van der Waals surface area contributed by atoms with Crippen LogP contribution in [0.4, 0.5) is 0 Å². The van der Waals surface area contributed by atoms with Crippen LogP contribution in [0, 0.1) is 5.92 Å². The molecule has 0 saturated heterocycles. The first-order valence-corrected chi connectivity index (χ1v) is 3.11. The van der Waals surface area contributed by atoms with Crippen molar-refractivity contribution in [2.45, 2.75) is 20.3 Å². The molecule has 1 heterocycles. The lowest BCUT2D eigenvalue weighted by Gasteiger charge is -2.03. The molecule has 0 saturated carbocycles.